The average molecular weight is 289 g/mol. The Balaban J connectivity index is 2.51. The lowest BCUT2D eigenvalue weighted by Crippen LogP contribution is -2.15. The number of carboxylic acid groups (broad SMARTS) is 2. The number of carbonyl (C=O) groups is 2. The molecule has 1 aromatic heterocycles. The van der Waals surface area contributed by atoms with E-state index in [9.17, 15) is 14.7 Å². The molecule has 0 bridgehead atoms. The van der Waals surface area contributed by atoms with Crippen molar-refractivity contribution >= 4 is 22.8 Å². The highest BCUT2D eigenvalue weighted by Gasteiger charge is 2.26. The molecule has 2 aromatic rings. The Hall–Kier alpha value is -2.30. The monoisotopic (exact) mass is 289 g/mol. The summed E-state index contributed by atoms with van der Waals surface area (Å²) in [4.78, 5) is 22.4. The van der Waals surface area contributed by atoms with E-state index in [4.69, 9.17) is 5.11 Å². The summed E-state index contributed by atoms with van der Waals surface area (Å²) in [5.41, 5.74) is 1.54. The quantitative estimate of drug-likeness (QED) is 0.821. The number of aryl methyl sites for hydroxylation is 1. The largest absolute Gasteiger partial charge is 0.481 e. The van der Waals surface area contributed by atoms with Crippen LogP contribution in [-0.4, -0.2) is 26.7 Å². The molecule has 1 atom stereocenters. The van der Waals surface area contributed by atoms with Crippen molar-refractivity contribution in [3.63, 3.8) is 0 Å². The molecule has 1 heterocycles. The van der Waals surface area contributed by atoms with E-state index in [1.165, 1.54) is 0 Å². The number of hydrogen-bond acceptors (Lipinski definition) is 2. The maximum absolute atomic E-state index is 11.4. The van der Waals surface area contributed by atoms with Gasteiger partial charge in [0.1, 0.15) is 0 Å². The number of para-hydroxylation sites is 1. The number of fused-ring (bicyclic) bond motifs is 1. The fourth-order valence-electron chi connectivity index (χ4n) is 2.57. The van der Waals surface area contributed by atoms with Crippen LogP contribution in [0.1, 0.15) is 37.7 Å². The van der Waals surface area contributed by atoms with Gasteiger partial charge in [-0.1, -0.05) is 31.5 Å². The summed E-state index contributed by atoms with van der Waals surface area (Å²) in [6, 6.07) is 7.54. The molecule has 2 rings (SSSR count). The normalized spacial score (nSPS) is 12.4. The van der Waals surface area contributed by atoms with Gasteiger partial charge in [0.05, 0.1) is 12.3 Å². The SMILES string of the molecule is CCCCn1cc(C(CC(=O)O)C(=O)O)c2ccccc21. The molecule has 0 saturated heterocycles. The lowest BCUT2D eigenvalue weighted by atomic mass is 9.95. The molecule has 0 fully saturated rings. The Bertz CT molecular complexity index is 659. The van der Waals surface area contributed by atoms with Gasteiger partial charge in [0, 0.05) is 23.6 Å². The maximum atomic E-state index is 11.4. The van der Waals surface area contributed by atoms with Crippen molar-refractivity contribution in [1.29, 1.82) is 0 Å². The Morgan fingerprint density at radius 2 is 1.95 bits per heavy atom. The maximum Gasteiger partial charge on any atom is 0.311 e. The van der Waals surface area contributed by atoms with Crippen molar-refractivity contribution in [2.75, 3.05) is 0 Å². The van der Waals surface area contributed by atoms with E-state index in [1.807, 2.05) is 28.8 Å². The van der Waals surface area contributed by atoms with Crippen LogP contribution in [0.5, 0.6) is 0 Å². The van der Waals surface area contributed by atoms with Crippen LogP contribution in [0.4, 0.5) is 0 Å². The lowest BCUT2D eigenvalue weighted by molar-refractivity contribution is -0.145. The van der Waals surface area contributed by atoms with Crippen molar-refractivity contribution in [3.05, 3.63) is 36.0 Å². The van der Waals surface area contributed by atoms with Crippen LogP contribution in [0.15, 0.2) is 30.5 Å². The molecule has 0 aliphatic carbocycles. The minimum absolute atomic E-state index is 0.406. The summed E-state index contributed by atoms with van der Waals surface area (Å²) in [6.07, 6.45) is 3.42. The van der Waals surface area contributed by atoms with E-state index in [2.05, 4.69) is 6.92 Å². The van der Waals surface area contributed by atoms with Gasteiger partial charge in [0.25, 0.3) is 0 Å². The van der Waals surface area contributed by atoms with Crippen LogP contribution < -0.4 is 0 Å². The summed E-state index contributed by atoms with van der Waals surface area (Å²) in [5.74, 6) is -3.22. The molecule has 0 radical (unpaired) electrons. The number of rotatable bonds is 7. The number of benzene rings is 1. The van der Waals surface area contributed by atoms with Crippen LogP contribution >= 0.6 is 0 Å². The highest BCUT2D eigenvalue weighted by Crippen LogP contribution is 2.30. The molecule has 5 heteroatoms. The zero-order chi connectivity index (χ0) is 15.4. The first-order chi connectivity index (χ1) is 10.0. The van der Waals surface area contributed by atoms with Gasteiger partial charge < -0.3 is 14.8 Å². The molecule has 1 aromatic carbocycles. The van der Waals surface area contributed by atoms with Crippen molar-refractivity contribution in [2.24, 2.45) is 0 Å². The summed E-state index contributed by atoms with van der Waals surface area (Å²) >= 11 is 0. The van der Waals surface area contributed by atoms with E-state index in [-0.39, 0.29) is 0 Å². The van der Waals surface area contributed by atoms with Gasteiger partial charge >= 0.3 is 11.9 Å². The first kappa shape index (κ1) is 15.1. The smallest absolute Gasteiger partial charge is 0.311 e. The van der Waals surface area contributed by atoms with Crippen LogP contribution in [0.2, 0.25) is 0 Å². The standard InChI is InChI=1S/C16H19NO4/c1-2-3-8-17-10-13(11-6-4-5-7-14(11)17)12(16(20)21)9-15(18)19/h4-7,10,12H,2-3,8-9H2,1H3,(H,18,19)(H,20,21). The molecule has 0 aliphatic heterocycles. The number of aromatic nitrogens is 1. The van der Waals surface area contributed by atoms with E-state index in [0.717, 1.165) is 30.3 Å². The molecular formula is C16H19NO4. The third-order valence-electron chi connectivity index (χ3n) is 3.62. The molecular weight excluding hydrogens is 270 g/mol. The van der Waals surface area contributed by atoms with E-state index in [1.54, 1.807) is 6.20 Å². The van der Waals surface area contributed by atoms with Gasteiger partial charge in [-0.2, -0.15) is 0 Å². The van der Waals surface area contributed by atoms with E-state index >= 15 is 0 Å². The fourth-order valence-corrected chi connectivity index (χ4v) is 2.57. The van der Waals surface area contributed by atoms with Gasteiger partial charge in [-0.25, -0.2) is 0 Å². The highest BCUT2D eigenvalue weighted by atomic mass is 16.4. The van der Waals surface area contributed by atoms with Crippen LogP contribution in [0, 0.1) is 0 Å². The van der Waals surface area contributed by atoms with Crippen molar-refractivity contribution < 1.29 is 19.8 Å². The van der Waals surface area contributed by atoms with E-state index in [0.29, 0.717) is 5.56 Å². The molecule has 0 aliphatic rings. The minimum atomic E-state index is -1.10. The van der Waals surface area contributed by atoms with Crippen LogP contribution in [0.3, 0.4) is 0 Å². The molecule has 5 nitrogen and oxygen atoms in total. The van der Waals surface area contributed by atoms with Crippen molar-refractivity contribution in [3.8, 4) is 0 Å². The fraction of sp³-hybridized carbons (Fsp3) is 0.375. The molecule has 0 saturated carbocycles. The Kier molecular flexibility index (Phi) is 4.62. The highest BCUT2D eigenvalue weighted by molar-refractivity contribution is 5.91. The number of nitrogens with zero attached hydrogens (tertiary/aromatic N) is 1. The number of hydrogen-bond donors (Lipinski definition) is 2. The molecule has 1 unspecified atom stereocenters. The van der Waals surface area contributed by atoms with E-state index < -0.39 is 24.3 Å². The van der Waals surface area contributed by atoms with Crippen LogP contribution in [-0.2, 0) is 16.1 Å². The first-order valence-corrected chi connectivity index (χ1v) is 7.07. The third kappa shape index (κ3) is 3.24. The van der Waals surface area contributed by atoms with Gasteiger partial charge in [0.15, 0.2) is 0 Å². The molecule has 21 heavy (non-hydrogen) atoms. The van der Waals surface area contributed by atoms with Crippen molar-refractivity contribution in [2.45, 2.75) is 38.6 Å². The van der Waals surface area contributed by atoms with Gasteiger partial charge in [-0.15, -0.1) is 0 Å². The van der Waals surface area contributed by atoms with Gasteiger partial charge in [0.2, 0.25) is 0 Å². The number of unbranched alkanes of at least 4 members (excludes halogenated alkanes) is 1. The van der Waals surface area contributed by atoms with Crippen LogP contribution in [0.25, 0.3) is 10.9 Å². The van der Waals surface area contributed by atoms with Gasteiger partial charge in [-0.3, -0.25) is 9.59 Å². The second-order valence-corrected chi connectivity index (χ2v) is 5.14. The summed E-state index contributed by atoms with van der Waals surface area (Å²) in [6.45, 7) is 2.90. The van der Waals surface area contributed by atoms with Gasteiger partial charge in [-0.05, 0) is 18.1 Å². The zero-order valence-corrected chi connectivity index (χ0v) is 12.0. The first-order valence-electron chi connectivity index (χ1n) is 7.07. The number of aliphatic carboxylic acids is 2. The topological polar surface area (TPSA) is 79.5 Å². The predicted octanol–water partition coefficient (Wildman–Crippen LogP) is 3.08. The second-order valence-electron chi connectivity index (χ2n) is 5.14. The average Bonchev–Trinajstić information content (AvgIpc) is 2.81. The summed E-state index contributed by atoms with van der Waals surface area (Å²) in [7, 11) is 0. The molecule has 112 valence electrons. The molecule has 0 amide bonds. The Morgan fingerprint density at radius 3 is 2.57 bits per heavy atom. The number of carboxylic acids is 2. The Labute approximate surface area is 122 Å². The second kappa shape index (κ2) is 6.43. The predicted molar refractivity (Wildman–Crippen MR) is 79.5 cm³/mol. The zero-order valence-electron chi connectivity index (χ0n) is 12.0. The minimum Gasteiger partial charge on any atom is -0.481 e. The third-order valence-corrected chi connectivity index (χ3v) is 3.62. The summed E-state index contributed by atoms with van der Waals surface area (Å²) < 4.78 is 2.02. The van der Waals surface area contributed by atoms with Crippen molar-refractivity contribution in [1.82, 2.24) is 4.57 Å². The molecule has 0 spiro atoms. The summed E-state index contributed by atoms with van der Waals surface area (Å²) in [5, 5.41) is 19.1. The Morgan fingerprint density at radius 1 is 1.24 bits per heavy atom. The molecule has 2 N–H and O–H groups in total. The lowest BCUT2D eigenvalue weighted by Gasteiger charge is -2.08.